The highest BCUT2D eigenvalue weighted by molar-refractivity contribution is 5.95. The Kier molecular flexibility index (Phi) is 6.12. The minimum atomic E-state index is -1.27. The van der Waals surface area contributed by atoms with Gasteiger partial charge < -0.3 is 15.7 Å². The molecule has 0 atom stereocenters. The fraction of sp³-hybridized carbons (Fsp3) is 0.385. The van der Waals surface area contributed by atoms with Gasteiger partial charge in [0.2, 0.25) is 5.91 Å². The molecule has 0 aromatic heterocycles. The average Bonchev–Trinajstić information content (AvgIpc) is 2.44. The molecule has 0 aliphatic rings. The fourth-order valence-corrected chi connectivity index (χ4v) is 1.64. The minimum Gasteiger partial charge on any atom is -0.478 e. The van der Waals surface area contributed by atoms with E-state index in [0.29, 0.717) is 6.54 Å². The molecule has 114 valence electrons. The topological polar surface area (TPSA) is 122 Å². The lowest BCUT2D eigenvalue weighted by molar-refractivity contribution is -0.384. The maximum absolute atomic E-state index is 11.4. The Bertz CT molecular complexity index is 545. The third kappa shape index (κ3) is 5.09. The van der Waals surface area contributed by atoms with Crippen LogP contribution in [0.2, 0.25) is 0 Å². The zero-order chi connectivity index (χ0) is 15.8. The number of hydrogen-bond donors (Lipinski definition) is 3. The molecule has 1 rings (SSSR count). The third-order valence-electron chi connectivity index (χ3n) is 2.68. The van der Waals surface area contributed by atoms with Crippen molar-refractivity contribution < 1.29 is 19.6 Å². The number of nitro benzene ring substituents is 1. The van der Waals surface area contributed by atoms with E-state index in [-0.39, 0.29) is 35.8 Å². The second-order valence-electron chi connectivity index (χ2n) is 4.32. The van der Waals surface area contributed by atoms with Gasteiger partial charge in [-0.05, 0) is 12.5 Å². The van der Waals surface area contributed by atoms with E-state index in [1.54, 1.807) is 0 Å². The van der Waals surface area contributed by atoms with Gasteiger partial charge in [-0.2, -0.15) is 0 Å². The van der Waals surface area contributed by atoms with Crippen LogP contribution in [0.1, 0.15) is 30.1 Å². The van der Waals surface area contributed by atoms with E-state index in [2.05, 4.69) is 10.6 Å². The first kappa shape index (κ1) is 16.4. The molecule has 21 heavy (non-hydrogen) atoms. The van der Waals surface area contributed by atoms with Crippen LogP contribution >= 0.6 is 0 Å². The number of carboxylic acid groups (broad SMARTS) is 1. The van der Waals surface area contributed by atoms with Gasteiger partial charge in [-0.3, -0.25) is 14.9 Å². The number of amides is 1. The molecule has 1 aromatic rings. The van der Waals surface area contributed by atoms with Crippen molar-refractivity contribution in [2.75, 3.05) is 18.4 Å². The molecule has 0 aliphatic carbocycles. The van der Waals surface area contributed by atoms with E-state index in [0.717, 1.165) is 12.5 Å². The normalized spacial score (nSPS) is 9.95. The number of carbonyl (C=O) groups excluding carboxylic acids is 1. The van der Waals surface area contributed by atoms with E-state index in [1.807, 2.05) is 6.92 Å². The van der Waals surface area contributed by atoms with Crippen LogP contribution in [0, 0.1) is 10.1 Å². The smallest absolute Gasteiger partial charge is 0.338 e. The molecule has 0 bridgehead atoms. The summed E-state index contributed by atoms with van der Waals surface area (Å²) < 4.78 is 0. The number of nitrogens with one attached hydrogen (secondary N) is 2. The predicted molar refractivity (Wildman–Crippen MR) is 76.5 cm³/mol. The van der Waals surface area contributed by atoms with Crippen LogP contribution in [-0.2, 0) is 4.79 Å². The first-order valence-corrected chi connectivity index (χ1v) is 6.48. The van der Waals surface area contributed by atoms with Gasteiger partial charge in [0.15, 0.2) is 0 Å². The molecule has 0 radical (unpaired) electrons. The number of rotatable bonds is 8. The van der Waals surface area contributed by atoms with Gasteiger partial charge in [-0.1, -0.05) is 6.92 Å². The number of anilines is 1. The third-order valence-corrected chi connectivity index (χ3v) is 2.68. The molecule has 0 heterocycles. The zero-order valence-corrected chi connectivity index (χ0v) is 11.6. The summed E-state index contributed by atoms with van der Waals surface area (Å²) in [6.45, 7) is 2.78. The lowest BCUT2D eigenvalue weighted by Crippen LogP contribution is -2.26. The largest absolute Gasteiger partial charge is 0.478 e. The Morgan fingerprint density at radius 2 is 2.05 bits per heavy atom. The van der Waals surface area contributed by atoms with Crippen molar-refractivity contribution in [1.82, 2.24) is 5.32 Å². The highest BCUT2D eigenvalue weighted by atomic mass is 16.6. The summed E-state index contributed by atoms with van der Waals surface area (Å²) in [6.07, 6.45) is 1.03. The Labute approximate surface area is 121 Å². The van der Waals surface area contributed by atoms with Crippen molar-refractivity contribution in [2.24, 2.45) is 0 Å². The number of benzene rings is 1. The first-order valence-electron chi connectivity index (χ1n) is 6.48. The number of carbonyl (C=O) groups is 2. The van der Waals surface area contributed by atoms with E-state index < -0.39 is 10.9 Å². The van der Waals surface area contributed by atoms with Crippen molar-refractivity contribution in [1.29, 1.82) is 0 Å². The lowest BCUT2D eigenvalue weighted by atomic mass is 10.1. The number of nitrogens with zero attached hydrogens (tertiary/aromatic N) is 1. The van der Waals surface area contributed by atoms with Gasteiger partial charge in [0.1, 0.15) is 0 Å². The average molecular weight is 295 g/mol. The van der Waals surface area contributed by atoms with Crippen LogP contribution < -0.4 is 10.6 Å². The number of aromatic carboxylic acids is 1. The molecule has 8 nitrogen and oxygen atoms in total. The van der Waals surface area contributed by atoms with E-state index in [9.17, 15) is 19.7 Å². The van der Waals surface area contributed by atoms with Gasteiger partial charge in [0.05, 0.1) is 10.5 Å². The molecule has 0 aliphatic heterocycles. The van der Waals surface area contributed by atoms with Crippen LogP contribution in [-0.4, -0.2) is 35.0 Å². The number of hydrogen-bond acceptors (Lipinski definition) is 5. The summed E-state index contributed by atoms with van der Waals surface area (Å²) in [5, 5.41) is 25.2. The molecule has 3 N–H and O–H groups in total. The molecule has 0 spiro atoms. The highest BCUT2D eigenvalue weighted by Gasteiger charge is 2.15. The molecule has 1 amide bonds. The minimum absolute atomic E-state index is 0.136. The Balaban J connectivity index is 2.68. The van der Waals surface area contributed by atoms with Crippen LogP contribution in [0.4, 0.5) is 11.4 Å². The molecule has 1 aromatic carbocycles. The van der Waals surface area contributed by atoms with Crippen LogP contribution in [0.5, 0.6) is 0 Å². The Morgan fingerprint density at radius 1 is 1.33 bits per heavy atom. The van der Waals surface area contributed by atoms with Crippen molar-refractivity contribution in [3.8, 4) is 0 Å². The van der Waals surface area contributed by atoms with Crippen LogP contribution in [0.3, 0.4) is 0 Å². The summed E-state index contributed by atoms with van der Waals surface area (Å²) in [7, 11) is 0. The van der Waals surface area contributed by atoms with Crippen molar-refractivity contribution >= 4 is 23.3 Å². The van der Waals surface area contributed by atoms with Crippen molar-refractivity contribution in [3.63, 3.8) is 0 Å². The summed E-state index contributed by atoms with van der Waals surface area (Å²) in [5.41, 5.74) is -0.242. The molecule has 0 fully saturated rings. The maximum Gasteiger partial charge on any atom is 0.338 e. The lowest BCUT2D eigenvalue weighted by Gasteiger charge is -2.09. The zero-order valence-electron chi connectivity index (χ0n) is 11.6. The first-order chi connectivity index (χ1) is 9.95. The number of nitro groups is 1. The SMILES string of the molecule is CCCNC(=O)CCNc1ccc([N+](=O)[O-])cc1C(=O)O. The fourth-order valence-electron chi connectivity index (χ4n) is 1.64. The molecule has 0 saturated carbocycles. The molecular weight excluding hydrogens is 278 g/mol. The van der Waals surface area contributed by atoms with Gasteiger partial charge in [-0.15, -0.1) is 0 Å². The van der Waals surface area contributed by atoms with Crippen LogP contribution in [0.15, 0.2) is 18.2 Å². The van der Waals surface area contributed by atoms with Crippen molar-refractivity contribution in [2.45, 2.75) is 19.8 Å². The summed E-state index contributed by atoms with van der Waals surface area (Å²) in [6, 6.07) is 3.53. The standard InChI is InChI=1S/C13H17N3O5/c1-2-6-15-12(17)5-7-14-11-4-3-9(16(20)21)8-10(11)13(18)19/h3-4,8,14H,2,5-7H2,1H3,(H,15,17)(H,18,19). The van der Waals surface area contributed by atoms with E-state index in [1.165, 1.54) is 12.1 Å². The Hall–Kier alpha value is -2.64. The van der Waals surface area contributed by atoms with Crippen LogP contribution in [0.25, 0.3) is 0 Å². The maximum atomic E-state index is 11.4. The highest BCUT2D eigenvalue weighted by Crippen LogP contribution is 2.22. The molecule has 0 saturated heterocycles. The predicted octanol–water partition coefficient (Wildman–Crippen LogP) is 1.62. The second-order valence-corrected chi connectivity index (χ2v) is 4.32. The summed E-state index contributed by atoms with van der Waals surface area (Å²) >= 11 is 0. The Morgan fingerprint density at radius 3 is 2.62 bits per heavy atom. The van der Waals surface area contributed by atoms with E-state index >= 15 is 0 Å². The van der Waals surface area contributed by atoms with Crippen molar-refractivity contribution in [3.05, 3.63) is 33.9 Å². The summed E-state index contributed by atoms with van der Waals surface area (Å²) in [5.74, 6) is -1.40. The number of non-ortho nitro benzene ring substituents is 1. The van der Waals surface area contributed by atoms with Gasteiger partial charge >= 0.3 is 5.97 Å². The molecular formula is C13H17N3O5. The van der Waals surface area contributed by atoms with E-state index in [4.69, 9.17) is 5.11 Å². The summed E-state index contributed by atoms with van der Waals surface area (Å²) in [4.78, 5) is 32.5. The monoisotopic (exact) mass is 295 g/mol. The van der Waals surface area contributed by atoms with Gasteiger partial charge in [0, 0.05) is 37.3 Å². The molecule has 0 unspecified atom stereocenters. The van der Waals surface area contributed by atoms with Gasteiger partial charge in [-0.25, -0.2) is 4.79 Å². The second kappa shape index (κ2) is 7.83. The van der Waals surface area contributed by atoms with Gasteiger partial charge in [0.25, 0.3) is 5.69 Å². The quantitative estimate of drug-likeness (QED) is 0.495. The molecule has 8 heteroatoms. The number of carboxylic acids is 1.